The molecule has 0 bridgehead atoms. The molecule has 11 heteroatoms. The second kappa shape index (κ2) is 9.20. The Morgan fingerprint density at radius 1 is 1.36 bits per heavy atom. The van der Waals surface area contributed by atoms with Crippen molar-refractivity contribution in [3.05, 3.63) is 36.5 Å². The van der Waals surface area contributed by atoms with Crippen LogP contribution < -0.4 is 5.32 Å². The van der Waals surface area contributed by atoms with E-state index < -0.39 is 10.0 Å². The molecule has 3 rings (SSSR count). The highest BCUT2D eigenvalue weighted by atomic mass is 32.2. The first-order valence-corrected chi connectivity index (χ1v) is 10.9. The lowest BCUT2D eigenvalue weighted by atomic mass is 10.2. The van der Waals surface area contributed by atoms with Crippen molar-refractivity contribution < 1.29 is 12.9 Å². The van der Waals surface area contributed by atoms with Crippen LogP contribution in [0.5, 0.6) is 0 Å². The summed E-state index contributed by atoms with van der Waals surface area (Å²) < 4.78 is 33.2. The third-order valence-corrected chi connectivity index (χ3v) is 6.44. The Labute approximate surface area is 165 Å². The lowest BCUT2D eigenvalue weighted by Gasteiger charge is -2.36. The Kier molecular flexibility index (Phi) is 6.68. The summed E-state index contributed by atoms with van der Waals surface area (Å²) in [5, 5.41) is 11.3. The SMILES string of the molecule is CN=C(NCC(C)Cn1cccn1)N1CCN(S(=O)(=O)Cc2ccon2)CC1. The number of hydrogen-bond acceptors (Lipinski definition) is 6. The molecule has 0 aromatic carbocycles. The summed E-state index contributed by atoms with van der Waals surface area (Å²) in [7, 11) is -1.66. The number of guanidine groups is 1. The average Bonchev–Trinajstić information content (AvgIpc) is 3.36. The smallest absolute Gasteiger partial charge is 0.220 e. The van der Waals surface area contributed by atoms with Gasteiger partial charge in [-0.15, -0.1) is 0 Å². The highest BCUT2D eigenvalue weighted by Gasteiger charge is 2.29. The summed E-state index contributed by atoms with van der Waals surface area (Å²) in [5.41, 5.74) is 0.422. The Hall–Kier alpha value is -2.40. The van der Waals surface area contributed by atoms with Crippen LogP contribution in [0.2, 0.25) is 0 Å². The van der Waals surface area contributed by atoms with Gasteiger partial charge in [0, 0.05) is 64.8 Å². The van der Waals surface area contributed by atoms with Gasteiger partial charge in [0.25, 0.3) is 0 Å². The van der Waals surface area contributed by atoms with Crippen LogP contribution in [0, 0.1) is 5.92 Å². The minimum absolute atomic E-state index is 0.137. The van der Waals surface area contributed by atoms with Gasteiger partial charge in [-0.05, 0) is 12.0 Å². The molecule has 2 aromatic heterocycles. The summed E-state index contributed by atoms with van der Waals surface area (Å²) in [6.07, 6.45) is 5.10. The van der Waals surface area contributed by atoms with E-state index in [0.717, 1.165) is 19.0 Å². The van der Waals surface area contributed by atoms with Crippen molar-refractivity contribution in [2.24, 2.45) is 10.9 Å². The zero-order valence-electron chi connectivity index (χ0n) is 16.2. The Balaban J connectivity index is 1.47. The largest absolute Gasteiger partial charge is 0.364 e. The standard InChI is InChI=1S/C17H27N7O3S/c1-15(13-23-6-3-5-20-23)12-19-17(18-2)22-7-9-24(10-8-22)28(25,26)14-16-4-11-27-21-16/h3-6,11,15H,7-10,12-14H2,1-2H3,(H,18,19). The van der Waals surface area contributed by atoms with E-state index >= 15 is 0 Å². The van der Waals surface area contributed by atoms with Crippen LogP contribution >= 0.6 is 0 Å². The van der Waals surface area contributed by atoms with Gasteiger partial charge in [-0.1, -0.05) is 12.1 Å². The highest BCUT2D eigenvalue weighted by Crippen LogP contribution is 2.13. The molecule has 1 saturated heterocycles. The fourth-order valence-electron chi connectivity index (χ4n) is 3.16. The first-order valence-electron chi connectivity index (χ1n) is 9.28. The summed E-state index contributed by atoms with van der Waals surface area (Å²) in [4.78, 5) is 6.43. The summed E-state index contributed by atoms with van der Waals surface area (Å²) in [5.74, 6) is 1.03. The van der Waals surface area contributed by atoms with Crippen LogP contribution in [0.3, 0.4) is 0 Å². The summed E-state index contributed by atoms with van der Waals surface area (Å²) in [6, 6.07) is 3.49. The molecule has 1 aliphatic heterocycles. The van der Waals surface area contributed by atoms with Crippen LogP contribution in [-0.4, -0.2) is 78.3 Å². The molecule has 28 heavy (non-hydrogen) atoms. The van der Waals surface area contributed by atoms with Gasteiger partial charge in [0.1, 0.15) is 12.0 Å². The molecule has 0 spiro atoms. The van der Waals surface area contributed by atoms with Crippen molar-refractivity contribution in [3.63, 3.8) is 0 Å². The summed E-state index contributed by atoms with van der Waals surface area (Å²) in [6.45, 7) is 5.75. The molecule has 3 heterocycles. The Morgan fingerprint density at radius 3 is 2.75 bits per heavy atom. The normalized spacial score (nSPS) is 17.6. The molecule has 0 saturated carbocycles. The number of aliphatic imine (C=N–C) groups is 1. The van der Waals surface area contributed by atoms with Crippen molar-refractivity contribution >= 4 is 16.0 Å². The van der Waals surface area contributed by atoms with Crippen LogP contribution in [0.25, 0.3) is 0 Å². The first-order chi connectivity index (χ1) is 13.5. The number of nitrogens with zero attached hydrogens (tertiary/aromatic N) is 6. The average molecular weight is 410 g/mol. The molecule has 1 aliphatic rings. The maximum atomic E-state index is 12.5. The Bertz CT molecular complexity index is 841. The number of piperazine rings is 1. The molecule has 1 fully saturated rings. The van der Waals surface area contributed by atoms with Gasteiger partial charge in [0.15, 0.2) is 5.96 Å². The zero-order valence-corrected chi connectivity index (χ0v) is 17.0. The van der Waals surface area contributed by atoms with Crippen LogP contribution in [-0.2, 0) is 22.3 Å². The molecule has 1 unspecified atom stereocenters. The fourth-order valence-corrected chi connectivity index (χ4v) is 4.58. The fraction of sp³-hybridized carbons (Fsp3) is 0.588. The van der Waals surface area contributed by atoms with Crippen molar-refractivity contribution in [1.29, 1.82) is 0 Å². The van der Waals surface area contributed by atoms with Gasteiger partial charge in [-0.25, -0.2) is 8.42 Å². The molecular formula is C17H27N7O3S. The molecule has 0 aliphatic carbocycles. The quantitative estimate of drug-likeness (QED) is 0.515. The van der Waals surface area contributed by atoms with Crippen LogP contribution in [0.15, 0.2) is 40.3 Å². The van der Waals surface area contributed by atoms with Crippen molar-refractivity contribution in [1.82, 2.24) is 29.5 Å². The first kappa shape index (κ1) is 20.3. The van der Waals surface area contributed by atoms with E-state index in [1.165, 1.54) is 10.6 Å². The second-order valence-electron chi connectivity index (χ2n) is 6.89. The number of rotatable bonds is 7. The van der Waals surface area contributed by atoms with E-state index in [-0.39, 0.29) is 5.75 Å². The molecule has 1 N–H and O–H groups in total. The van der Waals surface area contributed by atoms with Gasteiger partial charge in [0.2, 0.25) is 10.0 Å². The molecule has 10 nitrogen and oxygen atoms in total. The van der Waals surface area contributed by atoms with Gasteiger partial charge in [0.05, 0.1) is 5.69 Å². The van der Waals surface area contributed by atoms with E-state index in [9.17, 15) is 8.42 Å². The third-order valence-electron chi connectivity index (χ3n) is 4.63. The predicted molar refractivity (Wildman–Crippen MR) is 105 cm³/mol. The molecule has 154 valence electrons. The monoisotopic (exact) mass is 409 g/mol. The summed E-state index contributed by atoms with van der Waals surface area (Å²) >= 11 is 0. The van der Waals surface area contributed by atoms with Gasteiger partial charge in [-0.3, -0.25) is 9.67 Å². The van der Waals surface area contributed by atoms with E-state index in [1.54, 1.807) is 19.3 Å². The highest BCUT2D eigenvalue weighted by molar-refractivity contribution is 7.88. The topological polar surface area (TPSA) is 109 Å². The van der Waals surface area contributed by atoms with E-state index in [2.05, 4.69) is 32.4 Å². The minimum atomic E-state index is -3.40. The Morgan fingerprint density at radius 2 is 2.14 bits per heavy atom. The number of nitrogens with one attached hydrogen (secondary N) is 1. The van der Waals surface area contributed by atoms with Crippen LogP contribution in [0.4, 0.5) is 0 Å². The lowest BCUT2D eigenvalue weighted by molar-refractivity contribution is 0.258. The molecule has 1 atom stereocenters. The maximum absolute atomic E-state index is 12.5. The van der Waals surface area contributed by atoms with E-state index in [0.29, 0.717) is 37.8 Å². The number of hydrogen-bond donors (Lipinski definition) is 1. The van der Waals surface area contributed by atoms with Crippen molar-refractivity contribution in [2.45, 2.75) is 19.2 Å². The van der Waals surface area contributed by atoms with E-state index in [4.69, 9.17) is 4.52 Å². The maximum Gasteiger partial charge on any atom is 0.220 e. The lowest BCUT2D eigenvalue weighted by Crippen LogP contribution is -2.54. The van der Waals surface area contributed by atoms with Gasteiger partial charge < -0.3 is 14.7 Å². The van der Waals surface area contributed by atoms with Gasteiger partial charge in [-0.2, -0.15) is 9.40 Å². The van der Waals surface area contributed by atoms with Gasteiger partial charge >= 0.3 is 0 Å². The molecule has 0 radical (unpaired) electrons. The third kappa shape index (κ3) is 5.32. The van der Waals surface area contributed by atoms with Crippen molar-refractivity contribution in [3.8, 4) is 0 Å². The second-order valence-corrected chi connectivity index (χ2v) is 8.86. The van der Waals surface area contributed by atoms with Crippen molar-refractivity contribution in [2.75, 3.05) is 39.8 Å². The zero-order chi connectivity index (χ0) is 20.0. The molecule has 2 aromatic rings. The number of sulfonamides is 1. The molecular weight excluding hydrogens is 382 g/mol. The van der Waals surface area contributed by atoms with Crippen LogP contribution in [0.1, 0.15) is 12.6 Å². The number of aromatic nitrogens is 3. The predicted octanol–water partition coefficient (Wildman–Crippen LogP) is 0.230. The molecule has 0 amide bonds. The van der Waals surface area contributed by atoms with E-state index in [1.807, 2.05) is 16.9 Å². The minimum Gasteiger partial charge on any atom is -0.364 e.